The van der Waals surface area contributed by atoms with Crippen molar-refractivity contribution in [3.05, 3.63) is 117 Å². The molecule has 0 aliphatic carbocycles. The average molecular weight is 579 g/mol. The van der Waals surface area contributed by atoms with Crippen LogP contribution < -0.4 is 5.43 Å². The van der Waals surface area contributed by atoms with Gasteiger partial charge in [0, 0.05) is 38.8 Å². The zero-order valence-electron chi connectivity index (χ0n) is 24.7. The Morgan fingerprint density at radius 3 is 2.31 bits per heavy atom. The number of thiophene rings is 1. The lowest BCUT2D eigenvalue weighted by atomic mass is 10.1. The molecule has 0 atom stereocenters. The molecule has 0 saturated heterocycles. The molecule has 2 aromatic carbocycles. The van der Waals surface area contributed by atoms with Crippen molar-refractivity contribution in [1.82, 2.24) is 14.6 Å². The smallest absolute Gasteiger partial charge is 0.341 e. The minimum atomic E-state index is -0.321. The molecule has 8 heteroatoms. The van der Waals surface area contributed by atoms with Crippen molar-refractivity contribution >= 4 is 29.4 Å². The number of carbonyl (C=O) groups is 2. The van der Waals surface area contributed by atoms with Gasteiger partial charge < -0.3 is 13.9 Å². The number of nitrogens with one attached hydrogen (secondary N) is 1. The molecule has 3 heterocycles. The predicted molar refractivity (Wildman–Crippen MR) is 170 cm³/mol. The van der Waals surface area contributed by atoms with Crippen LogP contribution in [0.15, 0.2) is 77.9 Å². The summed E-state index contributed by atoms with van der Waals surface area (Å²) in [7, 11) is 0. The lowest BCUT2D eigenvalue weighted by Crippen LogP contribution is -2.17. The van der Waals surface area contributed by atoms with Gasteiger partial charge in [0.05, 0.1) is 24.1 Å². The van der Waals surface area contributed by atoms with E-state index in [4.69, 9.17) is 4.74 Å². The molecule has 0 saturated carbocycles. The third-order valence-corrected chi connectivity index (χ3v) is 8.62. The molecule has 3 aromatic heterocycles. The number of rotatable bonds is 8. The van der Waals surface area contributed by atoms with Gasteiger partial charge in [-0.1, -0.05) is 30.3 Å². The number of benzene rings is 2. The van der Waals surface area contributed by atoms with Gasteiger partial charge in [0.1, 0.15) is 5.00 Å². The molecular weight excluding hydrogens is 544 g/mol. The van der Waals surface area contributed by atoms with Crippen LogP contribution in [-0.2, 0) is 4.74 Å². The van der Waals surface area contributed by atoms with Gasteiger partial charge in [-0.3, -0.25) is 4.79 Å². The van der Waals surface area contributed by atoms with E-state index in [1.54, 1.807) is 36.6 Å². The molecular formula is C34H34N4O3S. The van der Waals surface area contributed by atoms with E-state index in [2.05, 4.69) is 46.3 Å². The summed E-state index contributed by atoms with van der Waals surface area (Å²) in [6.07, 6.45) is 1.64. The van der Waals surface area contributed by atoms with Crippen LogP contribution in [-0.4, -0.2) is 33.8 Å². The van der Waals surface area contributed by atoms with Crippen LogP contribution in [0.4, 0.5) is 0 Å². The van der Waals surface area contributed by atoms with Crippen molar-refractivity contribution in [3.8, 4) is 21.9 Å². The first-order valence-corrected chi connectivity index (χ1v) is 14.7. The van der Waals surface area contributed by atoms with E-state index in [-0.39, 0.29) is 11.9 Å². The summed E-state index contributed by atoms with van der Waals surface area (Å²) in [6, 6.07) is 23.9. The highest BCUT2D eigenvalue weighted by Crippen LogP contribution is 2.34. The molecule has 5 aromatic rings. The monoisotopic (exact) mass is 578 g/mol. The van der Waals surface area contributed by atoms with Gasteiger partial charge in [0.25, 0.3) is 5.91 Å². The molecule has 0 unspecified atom stereocenters. The van der Waals surface area contributed by atoms with Gasteiger partial charge in [-0.2, -0.15) is 5.10 Å². The van der Waals surface area contributed by atoms with Crippen molar-refractivity contribution in [1.29, 1.82) is 0 Å². The third-order valence-electron chi connectivity index (χ3n) is 7.42. The highest BCUT2D eigenvalue weighted by atomic mass is 32.1. The summed E-state index contributed by atoms with van der Waals surface area (Å²) in [5, 5.41) is 5.07. The second-order valence-electron chi connectivity index (χ2n) is 10.2. The van der Waals surface area contributed by atoms with Gasteiger partial charge in [0.2, 0.25) is 0 Å². The Balaban J connectivity index is 1.33. The fourth-order valence-electron chi connectivity index (χ4n) is 5.14. The first-order valence-electron chi connectivity index (χ1n) is 13.8. The Morgan fingerprint density at radius 1 is 0.905 bits per heavy atom. The minimum Gasteiger partial charge on any atom is -0.462 e. The third kappa shape index (κ3) is 5.45. The van der Waals surface area contributed by atoms with Crippen molar-refractivity contribution in [3.63, 3.8) is 0 Å². The number of aryl methyl sites for hydroxylation is 3. The maximum Gasteiger partial charge on any atom is 0.341 e. The maximum absolute atomic E-state index is 12.9. The summed E-state index contributed by atoms with van der Waals surface area (Å²) in [5.74, 6) is -0.619. The second kappa shape index (κ2) is 12.0. The lowest BCUT2D eigenvalue weighted by Gasteiger charge is -2.12. The molecule has 0 spiro atoms. The number of amides is 1. The summed E-state index contributed by atoms with van der Waals surface area (Å²) < 4.78 is 9.57. The zero-order chi connectivity index (χ0) is 30.0. The van der Waals surface area contributed by atoms with Crippen molar-refractivity contribution in [2.45, 2.75) is 41.5 Å². The predicted octanol–water partition coefficient (Wildman–Crippen LogP) is 7.48. The molecule has 214 valence electrons. The van der Waals surface area contributed by atoms with Gasteiger partial charge in [-0.15, -0.1) is 11.3 Å². The van der Waals surface area contributed by atoms with Crippen LogP contribution in [0.1, 0.15) is 60.7 Å². The fraction of sp³-hybridized carbons (Fsp3) is 0.206. The molecule has 0 aliphatic heterocycles. The normalized spacial score (nSPS) is 11.3. The molecule has 5 rings (SSSR count). The molecule has 0 aliphatic rings. The van der Waals surface area contributed by atoms with Crippen LogP contribution in [0.2, 0.25) is 0 Å². The second-order valence-corrected chi connectivity index (χ2v) is 11.4. The molecule has 0 bridgehead atoms. The van der Waals surface area contributed by atoms with E-state index in [1.807, 2.05) is 68.7 Å². The van der Waals surface area contributed by atoms with E-state index in [1.165, 1.54) is 0 Å². The quantitative estimate of drug-likeness (QED) is 0.118. The van der Waals surface area contributed by atoms with Crippen LogP contribution >= 0.6 is 11.3 Å². The molecule has 42 heavy (non-hydrogen) atoms. The highest BCUT2D eigenvalue weighted by molar-refractivity contribution is 7.15. The number of ether oxygens (including phenoxy) is 1. The first kappa shape index (κ1) is 28.8. The Hall–Kier alpha value is -4.69. The Kier molecular flexibility index (Phi) is 8.27. The Bertz CT molecular complexity index is 1790. The molecule has 1 N–H and O–H groups in total. The summed E-state index contributed by atoms with van der Waals surface area (Å²) in [6.45, 7) is 12.1. The van der Waals surface area contributed by atoms with Crippen molar-refractivity contribution < 1.29 is 14.3 Å². The maximum atomic E-state index is 12.9. The molecule has 0 fully saturated rings. The first-order chi connectivity index (χ1) is 20.2. The number of esters is 1. The minimum absolute atomic E-state index is 0.298. The number of aromatic nitrogens is 2. The summed E-state index contributed by atoms with van der Waals surface area (Å²) >= 11 is 1.56. The van der Waals surface area contributed by atoms with E-state index in [0.29, 0.717) is 17.7 Å². The zero-order valence-corrected chi connectivity index (χ0v) is 25.5. The molecule has 1 amide bonds. The number of hydrogen-bond acceptors (Lipinski definition) is 5. The highest BCUT2D eigenvalue weighted by Gasteiger charge is 2.24. The number of hydrogen-bond donors (Lipinski definition) is 1. The standard InChI is InChI=1S/C34H34N4O3S/c1-7-41-34(40)31-23(4)25(6)42-33(31)37-22(3)19-28(24(37)5)20-35-36-32(39)27-14-16-29(17-15-27)38-21(2)13-18-30(38)26-11-9-8-10-12-26/h8-20H,7H2,1-6H3,(H,36,39)/b35-20+. The van der Waals surface area contributed by atoms with Gasteiger partial charge in [-0.05, 0) is 95.1 Å². The van der Waals surface area contributed by atoms with E-state index >= 15 is 0 Å². The SMILES string of the molecule is CCOC(=O)c1c(-n2c(C)cc(/C=N/NC(=O)c3ccc(-n4c(C)ccc4-c4ccccc4)cc3)c2C)sc(C)c1C. The van der Waals surface area contributed by atoms with Crippen LogP contribution in [0.3, 0.4) is 0 Å². The largest absolute Gasteiger partial charge is 0.462 e. The van der Waals surface area contributed by atoms with Crippen LogP contribution in [0.5, 0.6) is 0 Å². The Morgan fingerprint density at radius 2 is 1.62 bits per heavy atom. The number of nitrogens with zero attached hydrogens (tertiary/aromatic N) is 3. The molecule has 0 radical (unpaired) electrons. The Labute approximate surface area is 250 Å². The van der Waals surface area contributed by atoms with E-state index in [0.717, 1.165) is 55.0 Å². The van der Waals surface area contributed by atoms with Crippen LogP contribution in [0.25, 0.3) is 21.9 Å². The van der Waals surface area contributed by atoms with E-state index < -0.39 is 0 Å². The molecule has 7 nitrogen and oxygen atoms in total. The van der Waals surface area contributed by atoms with Crippen molar-refractivity contribution in [2.75, 3.05) is 6.61 Å². The number of carbonyl (C=O) groups excluding carboxylic acids is 2. The van der Waals surface area contributed by atoms with Crippen molar-refractivity contribution in [2.24, 2.45) is 5.10 Å². The topological polar surface area (TPSA) is 77.6 Å². The fourth-order valence-corrected chi connectivity index (χ4v) is 6.40. The number of hydrazone groups is 1. The lowest BCUT2D eigenvalue weighted by molar-refractivity contribution is 0.0526. The van der Waals surface area contributed by atoms with Gasteiger partial charge in [0.15, 0.2) is 0 Å². The summed E-state index contributed by atoms with van der Waals surface area (Å²) in [5.41, 5.74) is 11.7. The summed E-state index contributed by atoms with van der Waals surface area (Å²) in [4.78, 5) is 26.7. The van der Waals surface area contributed by atoms with Crippen LogP contribution in [0, 0.1) is 34.6 Å². The van der Waals surface area contributed by atoms with Gasteiger partial charge in [-0.25, -0.2) is 10.2 Å². The van der Waals surface area contributed by atoms with Gasteiger partial charge >= 0.3 is 5.97 Å². The average Bonchev–Trinajstić information content (AvgIpc) is 3.60. The van der Waals surface area contributed by atoms with E-state index in [9.17, 15) is 9.59 Å².